The molecule has 2 amide bonds. The maximum atomic E-state index is 12.5. The van der Waals surface area contributed by atoms with Crippen LogP contribution in [0, 0.1) is 0 Å². The lowest BCUT2D eigenvalue weighted by molar-refractivity contribution is -0.115. The van der Waals surface area contributed by atoms with Crippen LogP contribution in [0.2, 0.25) is 0 Å². The van der Waals surface area contributed by atoms with Crippen LogP contribution in [0.1, 0.15) is 35.2 Å². The molecular weight excluding hydrogens is 404 g/mol. The van der Waals surface area contributed by atoms with E-state index in [1.807, 2.05) is 6.07 Å². The number of ether oxygens (including phenoxy) is 1. The molecular formula is C22H26N2O5S. The molecule has 0 radical (unpaired) electrons. The first kappa shape index (κ1) is 22.0. The van der Waals surface area contributed by atoms with Gasteiger partial charge in [-0.15, -0.1) is 0 Å². The van der Waals surface area contributed by atoms with E-state index in [1.54, 1.807) is 48.5 Å². The third-order valence-electron chi connectivity index (χ3n) is 4.83. The summed E-state index contributed by atoms with van der Waals surface area (Å²) in [7, 11) is -3.42. The van der Waals surface area contributed by atoms with Crippen molar-refractivity contribution in [1.82, 2.24) is 5.32 Å². The van der Waals surface area contributed by atoms with Gasteiger partial charge in [0.2, 0.25) is 5.91 Å². The molecule has 2 N–H and O–H groups in total. The molecule has 1 atom stereocenters. The third-order valence-corrected chi connectivity index (χ3v) is 6.43. The van der Waals surface area contributed by atoms with Gasteiger partial charge in [0.25, 0.3) is 5.91 Å². The van der Waals surface area contributed by atoms with Crippen molar-refractivity contribution >= 4 is 27.3 Å². The molecule has 0 saturated carbocycles. The van der Waals surface area contributed by atoms with Crippen molar-refractivity contribution in [2.45, 2.75) is 31.1 Å². The Labute approximate surface area is 176 Å². The minimum atomic E-state index is -3.42. The average molecular weight is 431 g/mol. The van der Waals surface area contributed by atoms with E-state index >= 15 is 0 Å². The molecule has 1 aliphatic rings. The normalized spacial score (nSPS) is 16.2. The second kappa shape index (κ2) is 10.4. The number of para-hydroxylation sites is 1. The molecule has 0 aliphatic carbocycles. The maximum Gasteiger partial charge on any atom is 0.253 e. The van der Waals surface area contributed by atoms with Crippen LogP contribution in [-0.4, -0.2) is 45.2 Å². The van der Waals surface area contributed by atoms with Gasteiger partial charge in [-0.05, 0) is 30.5 Å². The predicted octanol–water partition coefficient (Wildman–Crippen LogP) is 2.54. The zero-order valence-electron chi connectivity index (χ0n) is 16.7. The number of hydrogen-bond acceptors (Lipinski definition) is 5. The average Bonchev–Trinajstić information content (AvgIpc) is 3.25. The monoisotopic (exact) mass is 430 g/mol. The Morgan fingerprint density at radius 1 is 1.03 bits per heavy atom. The topological polar surface area (TPSA) is 102 Å². The van der Waals surface area contributed by atoms with Crippen LogP contribution in [0.5, 0.6) is 0 Å². The van der Waals surface area contributed by atoms with Crippen LogP contribution in [-0.2, 0) is 25.1 Å². The van der Waals surface area contributed by atoms with Gasteiger partial charge in [0.1, 0.15) is 0 Å². The van der Waals surface area contributed by atoms with E-state index in [0.29, 0.717) is 30.0 Å². The zero-order chi connectivity index (χ0) is 21.4. The molecule has 8 heteroatoms. The molecule has 0 spiro atoms. The van der Waals surface area contributed by atoms with Gasteiger partial charge < -0.3 is 15.4 Å². The van der Waals surface area contributed by atoms with Crippen molar-refractivity contribution in [2.24, 2.45) is 0 Å². The lowest BCUT2D eigenvalue weighted by atomic mass is 10.1. The molecule has 0 unspecified atom stereocenters. The zero-order valence-corrected chi connectivity index (χ0v) is 17.5. The minimum absolute atomic E-state index is 0.0190. The van der Waals surface area contributed by atoms with Crippen molar-refractivity contribution in [3.8, 4) is 0 Å². The first-order chi connectivity index (χ1) is 14.4. The van der Waals surface area contributed by atoms with Gasteiger partial charge in [-0.1, -0.05) is 42.5 Å². The van der Waals surface area contributed by atoms with Crippen molar-refractivity contribution in [3.63, 3.8) is 0 Å². The van der Waals surface area contributed by atoms with E-state index in [-0.39, 0.29) is 29.9 Å². The van der Waals surface area contributed by atoms with Gasteiger partial charge in [0.05, 0.1) is 28.9 Å². The Morgan fingerprint density at radius 2 is 1.77 bits per heavy atom. The van der Waals surface area contributed by atoms with E-state index in [9.17, 15) is 18.0 Å². The Balaban J connectivity index is 1.54. The summed E-state index contributed by atoms with van der Waals surface area (Å²) in [5, 5.41) is 5.49. The number of amides is 2. The number of nitrogens with one attached hydrogen (secondary N) is 2. The van der Waals surface area contributed by atoms with Gasteiger partial charge in [-0.2, -0.15) is 0 Å². The largest absolute Gasteiger partial charge is 0.376 e. The number of carbonyl (C=O) groups is 2. The molecule has 0 aromatic heterocycles. The Hall–Kier alpha value is -2.71. The molecule has 7 nitrogen and oxygen atoms in total. The molecule has 1 heterocycles. The van der Waals surface area contributed by atoms with Crippen molar-refractivity contribution in [1.29, 1.82) is 0 Å². The molecule has 0 bridgehead atoms. The number of anilines is 1. The summed E-state index contributed by atoms with van der Waals surface area (Å²) in [5.74, 6) is -1.13. The van der Waals surface area contributed by atoms with Gasteiger partial charge in [0.15, 0.2) is 9.84 Å². The second-order valence-electron chi connectivity index (χ2n) is 7.27. The Bertz CT molecular complexity index is 970. The fourth-order valence-corrected chi connectivity index (χ4v) is 4.60. The minimum Gasteiger partial charge on any atom is -0.376 e. The van der Waals surface area contributed by atoms with Crippen LogP contribution in [0.4, 0.5) is 5.69 Å². The number of carbonyl (C=O) groups excluding carboxylic acids is 2. The van der Waals surface area contributed by atoms with Crippen molar-refractivity contribution < 1.29 is 22.7 Å². The Morgan fingerprint density at radius 3 is 2.50 bits per heavy atom. The predicted molar refractivity (Wildman–Crippen MR) is 115 cm³/mol. The SMILES string of the molecule is O=C(CCS(=O)(=O)Cc1ccccc1)Nc1ccccc1C(=O)NC[C@H]1CCCO1. The Kier molecular flexibility index (Phi) is 7.59. The lowest BCUT2D eigenvalue weighted by Crippen LogP contribution is -2.32. The number of rotatable bonds is 9. The number of hydrogen-bond donors (Lipinski definition) is 2. The highest BCUT2D eigenvalue weighted by atomic mass is 32.2. The standard InChI is InChI=1S/C22H26N2O5S/c25-21(12-14-30(27,28)16-17-7-2-1-3-8-17)24-20-11-5-4-10-19(20)22(26)23-15-18-9-6-13-29-18/h1-5,7-8,10-11,18H,6,9,12-16H2,(H,23,26)(H,24,25)/t18-/m1/s1. The number of benzene rings is 2. The third kappa shape index (κ3) is 6.67. The van der Waals surface area contributed by atoms with E-state index in [1.165, 1.54) is 0 Å². The van der Waals surface area contributed by atoms with Crippen molar-refractivity contribution in [2.75, 3.05) is 24.2 Å². The quantitative estimate of drug-likeness (QED) is 0.637. The van der Waals surface area contributed by atoms with Crippen molar-refractivity contribution in [3.05, 3.63) is 65.7 Å². The second-order valence-corrected chi connectivity index (χ2v) is 9.45. The fraction of sp³-hybridized carbons (Fsp3) is 0.364. The van der Waals surface area contributed by atoms with E-state index in [4.69, 9.17) is 4.74 Å². The summed E-state index contributed by atoms with van der Waals surface area (Å²) in [4.78, 5) is 24.8. The maximum absolute atomic E-state index is 12.5. The first-order valence-corrected chi connectivity index (χ1v) is 11.8. The van der Waals surface area contributed by atoms with E-state index < -0.39 is 15.7 Å². The van der Waals surface area contributed by atoms with E-state index in [0.717, 1.165) is 12.8 Å². The summed E-state index contributed by atoms with van der Waals surface area (Å²) < 4.78 is 30.1. The van der Waals surface area contributed by atoms with Gasteiger partial charge in [-0.25, -0.2) is 8.42 Å². The van der Waals surface area contributed by atoms with Crippen LogP contribution >= 0.6 is 0 Å². The first-order valence-electron chi connectivity index (χ1n) is 9.96. The fourth-order valence-electron chi connectivity index (χ4n) is 3.26. The van der Waals surface area contributed by atoms with Crippen LogP contribution in [0.15, 0.2) is 54.6 Å². The lowest BCUT2D eigenvalue weighted by Gasteiger charge is -2.14. The smallest absolute Gasteiger partial charge is 0.253 e. The highest BCUT2D eigenvalue weighted by Gasteiger charge is 2.19. The summed E-state index contributed by atoms with van der Waals surface area (Å²) in [6.07, 6.45) is 1.74. The van der Waals surface area contributed by atoms with Gasteiger partial charge in [-0.3, -0.25) is 9.59 Å². The van der Waals surface area contributed by atoms with Crippen LogP contribution in [0.3, 0.4) is 0 Å². The molecule has 30 heavy (non-hydrogen) atoms. The highest BCUT2D eigenvalue weighted by molar-refractivity contribution is 7.90. The molecule has 2 aromatic rings. The summed E-state index contributed by atoms with van der Waals surface area (Å²) in [6.45, 7) is 1.12. The molecule has 1 saturated heterocycles. The molecule has 160 valence electrons. The summed E-state index contributed by atoms with van der Waals surface area (Å²) in [5.41, 5.74) is 1.37. The van der Waals surface area contributed by atoms with E-state index in [2.05, 4.69) is 10.6 Å². The molecule has 3 rings (SSSR count). The van der Waals surface area contributed by atoms with Crippen LogP contribution < -0.4 is 10.6 Å². The molecule has 1 fully saturated rings. The van der Waals surface area contributed by atoms with Gasteiger partial charge in [0, 0.05) is 19.6 Å². The number of sulfone groups is 1. The summed E-state index contributed by atoms with van der Waals surface area (Å²) >= 11 is 0. The van der Waals surface area contributed by atoms with Crippen LogP contribution in [0.25, 0.3) is 0 Å². The molecule has 2 aromatic carbocycles. The van der Waals surface area contributed by atoms with Gasteiger partial charge >= 0.3 is 0 Å². The summed E-state index contributed by atoms with van der Waals surface area (Å²) in [6, 6.07) is 15.5. The molecule has 1 aliphatic heterocycles. The highest BCUT2D eigenvalue weighted by Crippen LogP contribution is 2.17.